The van der Waals surface area contributed by atoms with Gasteiger partial charge in [0.2, 0.25) is 0 Å². The van der Waals surface area contributed by atoms with Crippen molar-refractivity contribution in [1.82, 2.24) is 4.48 Å². The van der Waals surface area contributed by atoms with Crippen LogP contribution in [0.4, 0.5) is 0 Å². The molecule has 0 bridgehead atoms. The molecule has 4 heteroatoms. The highest BCUT2D eigenvalue weighted by Gasteiger charge is 2.47. The van der Waals surface area contributed by atoms with Crippen LogP contribution in [0, 0.1) is 0 Å². The normalized spacial score (nSPS) is 20.7. The molecule has 3 aliphatic carbocycles. The molecule has 1 nitrogen and oxygen atoms in total. The van der Waals surface area contributed by atoms with Crippen molar-refractivity contribution < 1.29 is 0 Å². The summed E-state index contributed by atoms with van der Waals surface area (Å²) in [7, 11) is 0. The first-order valence-corrected chi connectivity index (χ1v) is 24.7. The highest BCUT2D eigenvalue weighted by atomic mass is 32.1. The summed E-state index contributed by atoms with van der Waals surface area (Å²) in [4.78, 5) is 1.52. The molecule has 0 saturated heterocycles. The van der Waals surface area contributed by atoms with Gasteiger partial charge >= 0.3 is 6.85 Å². The maximum absolute atomic E-state index is 2.87. The molecule has 3 aromatic heterocycles. The molecule has 0 saturated carbocycles. The van der Waals surface area contributed by atoms with E-state index in [2.05, 4.69) is 162 Å². The molecule has 2 aliphatic heterocycles. The Balaban J connectivity index is 1.10. The molecule has 61 heavy (non-hydrogen) atoms. The number of para-hydroxylation sites is 1. The highest BCUT2D eigenvalue weighted by Crippen LogP contribution is 2.56. The second kappa shape index (κ2) is 11.3. The van der Waals surface area contributed by atoms with Gasteiger partial charge in [-0.15, -0.1) is 22.7 Å². The summed E-state index contributed by atoms with van der Waals surface area (Å²) in [6, 6.07) is 37.2. The van der Waals surface area contributed by atoms with Crippen LogP contribution in [-0.4, -0.2) is 11.3 Å². The zero-order valence-corrected chi connectivity index (χ0v) is 38.5. The number of nitrogens with zero attached hydrogens (tertiary/aromatic N) is 1. The molecule has 5 aliphatic rings. The van der Waals surface area contributed by atoms with Crippen LogP contribution in [0.2, 0.25) is 0 Å². The summed E-state index contributed by atoms with van der Waals surface area (Å²) < 4.78 is 7.25. The molecule has 9 aromatic rings. The van der Waals surface area contributed by atoms with Crippen LogP contribution in [0.15, 0.2) is 91.0 Å². The number of hydrogen-bond acceptors (Lipinski definition) is 2. The van der Waals surface area contributed by atoms with Gasteiger partial charge in [0.15, 0.2) is 0 Å². The summed E-state index contributed by atoms with van der Waals surface area (Å²) >= 11 is 4.12. The minimum absolute atomic E-state index is 0.0961. The van der Waals surface area contributed by atoms with Crippen LogP contribution >= 0.6 is 22.7 Å². The Morgan fingerprint density at radius 1 is 0.574 bits per heavy atom. The van der Waals surface area contributed by atoms with E-state index in [1.807, 2.05) is 11.3 Å². The first kappa shape index (κ1) is 35.9. The van der Waals surface area contributed by atoms with Gasteiger partial charge in [-0.3, -0.25) is 0 Å². The van der Waals surface area contributed by atoms with Crippen molar-refractivity contribution in [3.63, 3.8) is 0 Å². The van der Waals surface area contributed by atoms with E-state index < -0.39 is 0 Å². The van der Waals surface area contributed by atoms with Crippen LogP contribution in [-0.2, 0) is 28.1 Å². The number of fused-ring (bicyclic) bond motifs is 17. The summed E-state index contributed by atoms with van der Waals surface area (Å²) in [6.07, 6.45) is 7.17. The molecule has 1 atom stereocenters. The van der Waals surface area contributed by atoms with Crippen LogP contribution in [0.3, 0.4) is 0 Å². The first-order valence-electron chi connectivity index (χ1n) is 23.1. The number of thiophene rings is 2. The molecule has 0 N–H and O–H groups in total. The minimum atomic E-state index is 0.0961. The number of hydrogen-bond donors (Lipinski definition) is 0. The Hall–Kier alpha value is -4.64. The third-order valence-corrected chi connectivity index (χ3v) is 19.6. The van der Waals surface area contributed by atoms with Gasteiger partial charge in [-0.1, -0.05) is 122 Å². The van der Waals surface area contributed by atoms with E-state index in [9.17, 15) is 0 Å². The third-order valence-electron chi connectivity index (χ3n) is 17.2. The third kappa shape index (κ3) is 4.40. The van der Waals surface area contributed by atoms with E-state index in [-0.39, 0.29) is 28.5 Å². The van der Waals surface area contributed by atoms with E-state index in [0.717, 1.165) is 12.8 Å². The average Bonchev–Trinajstić information content (AvgIpc) is 3.86. The standard InChI is InChI=1S/C57H52BNS2/c1-54(2)21-23-56(5,6)42-28-45-37(26-40(42)54)33-20-19-32-38-25-30-13-9-10-14-31(30)48-34-15-11-17-36-50(34)59(58(49(38)48)44-18-12-16-35(47(32)44)52(33)60-45)51-39-27-41-43(29-46(39)61-53(36)51)57(7,8)24-22-55(41,3)4/h9-18,25-29,32H,19-24H2,1-8H3. The van der Waals surface area contributed by atoms with Crippen molar-refractivity contribution in [3.05, 3.63) is 130 Å². The fourth-order valence-corrected chi connectivity index (χ4v) is 16.2. The van der Waals surface area contributed by atoms with Crippen LogP contribution in [0.5, 0.6) is 0 Å². The second-order valence-electron chi connectivity index (χ2n) is 22.4. The van der Waals surface area contributed by atoms with Crippen LogP contribution in [0.1, 0.15) is 132 Å². The van der Waals surface area contributed by atoms with Gasteiger partial charge < -0.3 is 4.48 Å². The topological polar surface area (TPSA) is 4.93 Å². The lowest BCUT2D eigenvalue weighted by atomic mass is 9.41. The molecule has 0 amide bonds. The fourth-order valence-electron chi connectivity index (χ4n) is 13.6. The van der Waals surface area contributed by atoms with Gasteiger partial charge in [-0.25, -0.2) is 0 Å². The molecule has 0 fully saturated rings. The lowest BCUT2D eigenvalue weighted by Crippen LogP contribution is -2.57. The zero-order valence-electron chi connectivity index (χ0n) is 36.8. The van der Waals surface area contributed by atoms with Crippen molar-refractivity contribution in [2.24, 2.45) is 0 Å². The monoisotopic (exact) mass is 825 g/mol. The van der Waals surface area contributed by atoms with E-state index in [0.29, 0.717) is 5.92 Å². The number of aromatic nitrogens is 1. The van der Waals surface area contributed by atoms with Gasteiger partial charge in [-0.05, 0) is 162 Å². The van der Waals surface area contributed by atoms with Crippen LogP contribution < -0.4 is 10.9 Å². The van der Waals surface area contributed by atoms with Crippen molar-refractivity contribution in [1.29, 1.82) is 0 Å². The van der Waals surface area contributed by atoms with Gasteiger partial charge in [0.25, 0.3) is 0 Å². The van der Waals surface area contributed by atoms with Crippen molar-refractivity contribution in [2.45, 2.75) is 121 Å². The number of rotatable bonds is 0. The largest absolute Gasteiger partial charge is 0.374 e. The quantitative estimate of drug-likeness (QED) is 0.134. The Bertz CT molecular complexity index is 3510. The predicted molar refractivity (Wildman–Crippen MR) is 266 cm³/mol. The molecule has 1 unspecified atom stereocenters. The second-order valence-corrected chi connectivity index (χ2v) is 24.5. The summed E-state index contributed by atoms with van der Waals surface area (Å²) in [5.74, 6) is 0.338. The Morgan fingerprint density at radius 2 is 1.18 bits per heavy atom. The Morgan fingerprint density at radius 3 is 1.90 bits per heavy atom. The molecular formula is C57H52BNS2. The van der Waals surface area contributed by atoms with Gasteiger partial charge in [0, 0.05) is 42.0 Å². The van der Waals surface area contributed by atoms with E-state index in [4.69, 9.17) is 0 Å². The van der Waals surface area contributed by atoms with E-state index in [1.54, 1.807) is 44.4 Å². The average molecular weight is 826 g/mol. The number of benzene rings is 6. The van der Waals surface area contributed by atoms with E-state index >= 15 is 0 Å². The molecule has 0 spiro atoms. The smallest absolute Gasteiger partial charge is 0.329 e. The zero-order chi connectivity index (χ0) is 41.3. The Labute approximate surface area is 367 Å². The maximum atomic E-state index is 2.87. The minimum Gasteiger partial charge on any atom is -0.374 e. The highest BCUT2D eigenvalue weighted by molar-refractivity contribution is 7.27. The summed E-state index contributed by atoms with van der Waals surface area (Å²) in [5.41, 5.74) is 22.0. The lowest BCUT2D eigenvalue weighted by molar-refractivity contribution is 0.332. The summed E-state index contributed by atoms with van der Waals surface area (Å²) in [5, 5.41) is 7.14. The SMILES string of the molecule is CC1(C)CCC(C)(C)c2cc3c4c(sc3cc21)-c1cccc2c1C(CC4)c1cc3ccccc3c3c1B2n1c2c-3cccc2c2sc3cc4c(cc3c21)C(C)(C)CCC4(C)C. The van der Waals surface area contributed by atoms with Crippen molar-refractivity contribution in [2.75, 3.05) is 0 Å². The first-order chi connectivity index (χ1) is 29.2. The van der Waals surface area contributed by atoms with Gasteiger partial charge in [0.05, 0.1) is 10.2 Å². The van der Waals surface area contributed by atoms with Crippen molar-refractivity contribution in [3.8, 4) is 21.6 Å². The number of aryl methyl sites for hydroxylation is 1. The van der Waals surface area contributed by atoms with Crippen molar-refractivity contribution >= 4 is 92.5 Å². The summed E-state index contributed by atoms with van der Waals surface area (Å²) in [6.45, 7) is 19.9. The molecular weight excluding hydrogens is 774 g/mol. The molecule has 300 valence electrons. The molecule has 0 radical (unpaired) electrons. The predicted octanol–water partition coefficient (Wildman–Crippen LogP) is 14.8. The van der Waals surface area contributed by atoms with Gasteiger partial charge in [-0.2, -0.15) is 0 Å². The Kier molecular flexibility index (Phi) is 6.65. The maximum Gasteiger partial charge on any atom is 0.329 e. The van der Waals surface area contributed by atoms with E-state index in [1.165, 1.54) is 105 Å². The fraction of sp³-hybridized carbons (Fsp3) is 0.333. The molecule has 14 rings (SSSR count). The lowest BCUT2D eigenvalue weighted by Gasteiger charge is -2.42. The molecule has 6 aromatic carbocycles. The molecule has 5 heterocycles. The van der Waals surface area contributed by atoms with Crippen LogP contribution in [0.25, 0.3) is 73.6 Å². The van der Waals surface area contributed by atoms with Gasteiger partial charge in [0.1, 0.15) is 0 Å².